The maximum Gasteiger partial charge on any atom is 0.164 e. The molecule has 2 aromatic heterocycles. The van der Waals surface area contributed by atoms with Gasteiger partial charge in [0.2, 0.25) is 0 Å². The van der Waals surface area contributed by atoms with Crippen LogP contribution in [0.4, 0.5) is 0 Å². The largest absolute Gasteiger partial charge is 0.208 e. The van der Waals surface area contributed by atoms with Crippen molar-refractivity contribution in [3.63, 3.8) is 0 Å². The minimum absolute atomic E-state index is 0.527. The van der Waals surface area contributed by atoms with Crippen LogP contribution in [-0.4, -0.2) is 29.9 Å². The Balaban J connectivity index is 1.29. The van der Waals surface area contributed by atoms with E-state index in [0.717, 1.165) is 55.6 Å². The van der Waals surface area contributed by atoms with Gasteiger partial charge in [0.1, 0.15) is 0 Å². The van der Waals surface area contributed by atoms with Crippen molar-refractivity contribution in [2.45, 2.75) is 0 Å². The van der Waals surface area contributed by atoms with Crippen LogP contribution in [0.25, 0.3) is 90.6 Å². The van der Waals surface area contributed by atoms with Crippen LogP contribution in [0.15, 0.2) is 188 Å². The monoisotopic (exact) mass is 717 g/mol. The molecule has 7 aromatic carbocycles. The number of hydrogen-bond acceptors (Lipinski definition) is 7. The molecule has 0 aliphatic heterocycles. The Bertz CT molecular complexity index is 2720. The van der Waals surface area contributed by atoms with Crippen LogP contribution in [0.3, 0.4) is 0 Å². The summed E-state index contributed by atoms with van der Waals surface area (Å²) in [5.41, 5.74) is 9.50. The van der Waals surface area contributed by atoms with E-state index < -0.39 is 0 Å². The molecular formula is C49H31N7. The van der Waals surface area contributed by atoms with Crippen molar-refractivity contribution >= 4 is 0 Å². The number of benzene rings is 7. The molecule has 0 aliphatic carbocycles. The molecule has 0 spiro atoms. The minimum Gasteiger partial charge on any atom is -0.208 e. The Kier molecular flexibility index (Phi) is 9.18. The van der Waals surface area contributed by atoms with Crippen molar-refractivity contribution in [1.29, 1.82) is 5.26 Å². The van der Waals surface area contributed by atoms with Gasteiger partial charge in [-0.15, -0.1) is 0 Å². The zero-order chi connectivity index (χ0) is 37.7. The van der Waals surface area contributed by atoms with Gasteiger partial charge in [-0.3, -0.25) is 0 Å². The summed E-state index contributed by atoms with van der Waals surface area (Å²) >= 11 is 0. The first kappa shape index (κ1) is 33.9. The fourth-order valence-electron chi connectivity index (χ4n) is 6.65. The van der Waals surface area contributed by atoms with Gasteiger partial charge in [-0.25, -0.2) is 29.9 Å². The second-order valence-corrected chi connectivity index (χ2v) is 13.1. The zero-order valence-electron chi connectivity index (χ0n) is 30.0. The first-order chi connectivity index (χ1) is 27.7. The molecule has 0 radical (unpaired) electrons. The van der Waals surface area contributed by atoms with Crippen molar-refractivity contribution in [3.8, 4) is 96.7 Å². The SMILES string of the molecule is N#Cc1ccc(-c2ccc(-c3nc(-c4ccccc4)nc(-c4ccccc4)n3)c(-c3ccccc3-c3nc(-c4ccccc4)nc(-c4ccccc4)n3)c2)cc1. The molecule has 262 valence electrons. The highest BCUT2D eigenvalue weighted by molar-refractivity contribution is 5.92. The van der Waals surface area contributed by atoms with Crippen LogP contribution < -0.4 is 0 Å². The number of nitriles is 1. The van der Waals surface area contributed by atoms with Gasteiger partial charge in [0.15, 0.2) is 34.9 Å². The number of hydrogen-bond donors (Lipinski definition) is 0. The van der Waals surface area contributed by atoms with E-state index in [2.05, 4.69) is 30.3 Å². The van der Waals surface area contributed by atoms with E-state index in [0.29, 0.717) is 40.5 Å². The second kappa shape index (κ2) is 15.2. The molecular weight excluding hydrogens is 687 g/mol. The van der Waals surface area contributed by atoms with Crippen LogP contribution in [0, 0.1) is 11.3 Å². The third-order valence-electron chi connectivity index (χ3n) is 9.46. The summed E-state index contributed by atoms with van der Waals surface area (Å²) in [6.45, 7) is 0. The van der Waals surface area contributed by atoms with Crippen molar-refractivity contribution in [2.24, 2.45) is 0 Å². The topological polar surface area (TPSA) is 101 Å². The standard InChI is InChI=1S/C49H31N7/c50-32-33-25-27-34(28-26-33)39-29-30-42(49-55-46(37-19-9-3-10-20-37)52-47(56-49)38-21-11-4-12-22-38)43(31-39)40-23-13-14-24-41(40)48-53-44(35-15-5-1-6-16-35)51-45(54-48)36-17-7-2-8-18-36/h1-31H. The summed E-state index contributed by atoms with van der Waals surface area (Å²) in [6, 6.07) is 64.1. The van der Waals surface area contributed by atoms with Gasteiger partial charge >= 0.3 is 0 Å². The molecule has 0 saturated heterocycles. The van der Waals surface area contributed by atoms with Gasteiger partial charge in [-0.2, -0.15) is 5.26 Å². The lowest BCUT2D eigenvalue weighted by Gasteiger charge is -2.17. The highest BCUT2D eigenvalue weighted by Gasteiger charge is 2.21. The lowest BCUT2D eigenvalue weighted by atomic mass is 9.91. The van der Waals surface area contributed by atoms with E-state index in [1.165, 1.54) is 0 Å². The Morgan fingerprint density at radius 3 is 1.02 bits per heavy atom. The predicted molar refractivity (Wildman–Crippen MR) is 221 cm³/mol. The lowest BCUT2D eigenvalue weighted by Crippen LogP contribution is -2.03. The van der Waals surface area contributed by atoms with E-state index in [1.54, 1.807) is 0 Å². The van der Waals surface area contributed by atoms with Gasteiger partial charge in [0, 0.05) is 33.4 Å². The second-order valence-electron chi connectivity index (χ2n) is 13.1. The zero-order valence-corrected chi connectivity index (χ0v) is 30.0. The van der Waals surface area contributed by atoms with Crippen molar-refractivity contribution in [3.05, 3.63) is 194 Å². The molecule has 2 heterocycles. The molecule has 0 bridgehead atoms. The molecule has 9 rings (SSSR count). The summed E-state index contributed by atoms with van der Waals surface area (Å²) in [7, 11) is 0. The van der Waals surface area contributed by atoms with Gasteiger partial charge in [0.05, 0.1) is 11.6 Å². The molecule has 7 heteroatoms. The molecule has 0 atom stereocenters. The average Bonchev–Trinajstić information content (AvgIpc) is 3.29. The molecule has 56 heavy (non-hydrogen) atoms. The normalized spacial score (nSPS) is 10.8. The Hall–Kier alpha value is -7.95. The minimum atomic E-state index is 0.527. The summed E-state index contributed by atoms with van der Waals surface area (Å²) in [6.07, 6.45) is 0. The molecule has 0 aliphatic rings. The van der Waals surface area contributed by atoms with Gasteiger partial charge in [0.25, 0.3) is 0 Å². The maximum absolute atomic E-state index is 9.50. The maximum atomic E-state index is 9.50. The predicted octanol–water partition coefficient (Wildman–Crippen LogP) is 11.3. The van der Waals surface area contributed by atoms with Crippen LogP contribution in [0.5, 0.6) is 0 Å². The molecule has 0 saturated carbocycles. The summed E-state index contributed by atoms with van der Waals surface area (Å²) < 4.78 is 0. The van der Waals surface area contributed by atoms with E-state index in [-0.39, 0.29) is 0 Å². The van der Waals surface area contributed by atoms with E-state index >= 15 is 0 Å². The summed E-state index contributed by atoms with van der Waals surface area (Å²) in [5.74, 6) is 3.36. The average molecular weight is 718 g/mol. The van der Waals surface area contributed by atoms with Gasteiger partial charge in [-0.05, 0) is 46.5 Å². The molecule has 0 amide bonds. The van der Waals surface area contributed by atoms with Crippen LogP contribution in [-0.2, 0) is 0 Å². The third-order valence-corrected chi connectivity index (χ3v) is 9.46. The fourth-order valence-corrected chi connectivity index (χ4v) is 6.65. The smallest absolute Gasteiger partial charge is 0.164 e. The summed E-state index contributed by atoms with van der Waals surface area (Å²) in [5, 5.41) is 9.50. The van der Waals surface area contributed by atoms with Crippen molar-refractivity contribution < 1.29 is 0 Å². The van der Waals surface area contributed by atoms with Gasteiger partial charge < -0.3 is 0 Å². The quantitative estimate of drug-likeness (QED) is 0.154. The Morgan fingerprint density at radius 2 is 0.607 bits per heavy atom. The Labute approximate surface area is 324 Å². The summed E-state index contributed by atoms with van der Waals surface area (Å²) in [4.78, 5) is 30.3. The van der Waals surface area contributed by atoms with Crippen molar-refractivity contribution in [2.75, 3.05) is 0 Å². The lowest BCUT2D eigenvalue weighted by molar-refractivity contribution is 1.07. The first-order valence-corrected chi connectivity index (χ1v) is 18.2. The Morgan fingerprint density at radius 1 is 0.268 bits per heavy atom. The molecule has 0 N–H and O–H groups in total. The number of aromatic nitrogens is 6. The number of nitrogens with zero attached hydrogens (tertiary/aromatic N) is 7. The third kappa shape index (κ3) is 6.94. The molecule has 0 fully saturated rings. The highest BCUT2D eigenvalue weighted by Crippen LogP contribution is 2.40. The first-order valence-electron chi connectivity index (χ1n) is 18.2. The molecule has 9 aromatic rings. The van der Waals surface area contributed by atoms with Crippen LogP contribution >= 0.6 is 0 Å². The fraction of sp³-hybridized carbons (Fsp3) is 0. The van der Waals surface area contributed by atoms with Crippen molar-refractivity contribution in [1.82, 2.24) is 29.9 Å². The molecule has 0 unspecified atom stereocenters. The molecule has 7 nitrogen and oxygen atoms in total. The van der Waals surface area contributed by atoms with Crippen LogP contribution in [0.2, 0.25) is 0 Å². The number of rotatable bonds is 8. The van der Waals surface area contributed by atoms with Gasteiger partial charge in [-0.1, -0.05) is 164 Å². The van der Waals surface area contributed by atoms with E-state index in [1.807, 2.05) is 164 Å². The van der Waals surface area contributed by atoms with Crippen LogP contribution in [0.1, 0.15) is 5.56 Å². The van der Waals surface area contributed by atoms with E-state index in [4.69, 9.17) is 29.9 Å². The highest BCUT2D eigenvalue weighted by atomic mass is 15.0. The van der Waals surface area contributed by atoms with E-state index in [9.17, 15) is 5.26 Å².